The van der Waals surface area contributed by atoms with E-state index in [1.54, 1.807) is 11.3 Å². The van der Waals surface area contributed by atoms with Crippen molar-refractivity contribution in [2.24, 2.45) is 0 Å². The molecule has 2 aromatic heterocycles. The standard InChI is InChI=1S/C13H17N3OS3/c1-6-10(20-13(18)16-6)5-11(17)15-8(3)12-7(2)14-9(4)19-12/h8H,5H2,1-4H3,(H,15,17)(H,16,18)/t8-/m1/s1. The molecule has 2 aromatic rings. The lowest BCUT2D eigenvalue weighted by Gasteiger charge is -2.12. The van der Waals surface area contributed by atoms with Crippen LogP contribution in [0.3, 0.4) is 0 Å². The summed E-state index contributed by atoms with van der Waals surface area (Å²) in [5.74, 6) is 0.0105. The molecule has 4 nitrogen and oxygen atoms in total. The molecule has 0 saturated heterocycles. The highest BCUT2D eigenvalue weighted by Gasteiger charge is 2.16. The summed E-state index contributed by atoms with van der Waals surface area (Å²) in [4.78, 5) is 21.7. The van der Waals surface area contributed by atoms with Gasteiger partial charge < -0.3 is 10.3 Å². The topological polar surface area (TPSA) is 57.8 Å². The van der Waals surface area contributed by atoms with Crippen LogP contribution in [-0.4, -0.2) is 15.9 Å². The molecule has 7 heteroatoms. The van der Waals surface area contributed by atoms with Crippen LogP contribution < -0.4 is 5.32 Å². The molecule has 0 unspecified atom stereocenters. The predicted molar refractivity (Wildman–Crippen MR) is 86.1 cm³/mol. The molecular weight excluding hydrogens is 310 g/mol. The fourth-order valence-electron chi connectivity index (χ4n) is 2.06. The van der Waals surface area contributed by atoms with Crippen molar-refractivity contribution in [2.75, 3.05) is 0 Å². The zero-order valence-electron chi connectivity index (χ0n) is 11.9. The van der Waals surface area contributed by atoms with Gasteiger partial charge in [0.05, 0.1) is 23.2 Å². The van der Waals surface area contributed by atoms with Crippen LogP contribution in [0, 0.1) is 24.7 Å². The van der Waals surface area contributed by atoms with Gasteiger partial charge in [-0.25, -0.2) is 4.98 Å². The Labute approximate surface area is 131 Å². The lowest BCUT2D eigenvalue weighted by atomic mass is 10.2. The van der Waals surface area contributed by atoms with Gasteiger partial charge in [0.15, 0.2) is 3.95 Å². The maximum absolute atomic E-state index is 12.1. The number of aromatic amines is 1. The third-order valence-electron chi connectivity index (χ3n) is 2.96. The van der Waals surface area contributed by atoms with E-state index in [-0.39, 0.29) is 11.9 Å². The summed E-state index contributed by atoms with van der Waals surface area (Å²) < 4.78 is 0.715. The largest absolute Gasteiger partial charge is 0.348 e. The molecule has 0 saturated carbocycles. The number of nitrogens with zero attached hydrogens (tertiary/aromatic N) is 1. The van der Waals surface area contributed by atoms with E-state index in [2.05, 4.69) is 15.3 Å². The minimum atomic E-state index is -0.0130. The third-order valence-corrected chi connectivity index (χ3v) is 5.55. The van der Waals surface area contributed by atoms with E-state index >= 15 is 0 Å². The van der Waals surface area contributed by atoms with Crippen molar-refractivity contribution >= 4 is 40.8 Å². The molecule has 1 amide bonds. The average molecular weight is 328 g/mol. The SMILES string of the molecule is Cc1nc(C)c([C@@H](C)NC(=O)Cc2sc(=S)[nH]c2C)s1. The van der Waals surface area contributed by atoms with Gasteiger partial charge in [-0.05, 0) is 39.9 Å². The van der Waals surface area contributed by atoms with Crippen LogP contribution in [0.4, 0.5) is 0 Å². The second-order valence-corrected chi connectivity index (χ2v) is 7.72. The zero-order valence-corrected chi connectivity index (χ0v) is 14.3. The van der Waals surface area contributed by atoms with Crippen molar-refractivity contribution in [3.63, 3.8) is 0 Å². The number of carbonyl (C=O) groups excluding carboxylic acids is 1. The van der Waals surface area contributed by atoms with Gasteiger partial charge >= 0.3 is 0 Å². The lowest BCUT2D eigenvalue weighted by Crippen LogP contribution is -2.27. The first-order valence-electron chi connectivity index (χ1n) is 6.28. The number of hydrogen-bond acceptors (Lipinski definition) is 5. The highest BCUT2D eigenvalue weighted by molar-refractivity contribution is 7.73. The molecule has 0 bridgehead atoms. The minimum Gasteiger partial charge on any atom is -0.348 e. The Kier molecular flexibility index (Phi) is 4.72. The number of aromatic nitrogens is 2. The molecule has 2 N–H and O–H groups in total. The Morgan fingerprint density at radius 1 is 1.40 bits per heavy atom. The predicted octanol–water partition coefficient (Wildman–Crippen LogP) is 3.61. The Hall–Kier alpha value is -1.05. The van der Waals surface area contributed by atoms with Crippen molar-refractivity contribution in [3.05, 3.63) is 30.1 Å². The molecule has 0 fully saturated rings. The van der Waals surface area contributed by atoms with Crippen LogP contribution in [0.25, 0.3) is 0 Å². The number of rotatable bonds is 4. The molecule has 0 radical (unpaired) electrons. The summed E-state index contributed by atoms with van der Waals surface area (Å²) in [5, 5.41) is 4.05. The maximum atomic E-state index is 12.1. The zero-order chi connectivity index (χ0) is 14.9. The van der Waals surface area contributed by atoms with Gasteiger partial charge in [0.1, 0.15) is 0 Å². The summed E-state index contributed by atoms with van der Waals surface area (Å²) in [6.45, 7) is 7.88. The van der Waals surface area contributed by atoms with Crippen LogP contribution in [0.1, 0.15) is 39.1 Å². The molecule has 0 aliphatic carbocycles. The Bertz CT molecular complexity index is 683. The number of H-pyrrole nitrogens is 1. The van der Waals surface area contributed by atoms with Gasteiger partial charge in [-0.2, -0.15) is 0 Å². The number of aryl methyl sites for hydroxylation is 3. The highest BCUT2D eigenvalue weighted by Crippen LogP contribution is 2.24. The summed E-state index contributed by atoms with van der Waals surface area (Å²) in [5.41, 5.74) is 1.97. The monoisotopic (exact) mass is 327 g/mol. The van der Waals surface area contributed by atoms with Crippen LogP contribution in [0.15, 0.2) is 0 Å². The normalized spacial score (nSPS) is 12.4. The van der Waals surface area contributed by atoms with Gasteiger partial charge in [-0.1, -0.05) is 0 Å². The summed E-state index contributed by atoms with van der Waals surface area (Å²) in [7, 11) is 0. The van der Waals surface area contributed by atoms with Gasteiger partial charge in [0, 0.05) is 15.4 Å². The molecule has 108 valence electrons. The Morgan fingerprint density at radius 3 is 2.60 bits per heavy atom. The van der Waals surface area contributed by atoms with E-state index in [0.717, 1.165) is 26.1 Å². The average Bonchev–Trinajstić information content (AvgIpc) is 2.81. The first kappa shape index (κ1) is 15.3. The number of thiazole rings is 2. The second-order valence-electron chi connectivity index (χ2n) is 4.71. The van der Waals surface area contributed by atoms with Crippen molar-refractivity contribution in [1.82, 2.24) is 15.3 Å². The molecule has 0 aliphatic heterocycles. The quantitative estimate of drug-likeness (QED) is 0.844. The summed E-state index contributed by atoms with van der Waals surface area (Å²) in [6, 6.07) is -0.0130. The molecule has 2 rings (SSSR count). The lowest BCUT2D eigenvalue weighted by molar-refractivity contribution is -0.121. The van der Waals surface area contributed by atoms with Gasteiger partial charge in [-0.3, -0.25) is 4.79 Å². The van der Waals surface area contributed by atoms with Crippen LogP contribution in [0.5, 0.6) is 0 Å². The van der Waals surface area contributed by atoms with Crippen LogP contribution >= 0.6 is 34.9 Å². The van der Waals surface area contributed by atoms with E-state index in [4.69, 9.17) is 12.2 Å². The molecule has 0 spiro atoms. The fourth-order valence-corrected chi connectivity index (χ4v) is 4.28. The second kappa shape index (κ2) is 6.15. The molecular formula is C13H17N3OS3. The highest BCUT2D eigenvalue weighted by atomic mass is 32.1. The van der Waals surface area contributed by atoms with Gasteiger partial charge in [0.2, 0.25) is 5.91 Å². The smallest absolute Gasteiger partial charge is 0.225 e. The Balaban J connectivity index is 2.03. The van der Waals surface area contributed by atoms with Gasteiger partial charge in [-0.15, -0.1) is 22.7 Å². The molecule has 20 heavy (non-hydrogen) atoms. The van der Waals surface area contributed by atoms with Crippen LogP contribution in [-0.2, 0) is 11.2 Å². The van der Waals surface area contributed by atoms with Crippen molar-refractivity contribution < 1.29 is 4.79 Å². The van der Waals surface area contributed by atoms with E-state index < -0.39 is 0 Å². The van der Waals surface area contributed by atoms with E-state index in [1.807, 2.05) is 27.7 Å². The van der Waals surface area contributed by atoms with Gasteiger partial charge in [0.25, 0.3) is 0 Å². The third kappa shape index (κ3) is 3.53. The molecule has 0 aromatic carbocycles. The molecule has 1 atom stereocenters. The van der Waals surface area contributed by atoms with Crippen molar-refractivity contribution in [3.8, 4) is 0 Å². The maximum Gasteiger partial charge on any atom is 0.225 e. The first-order chi connectivity index (χ1) is 9.36. The van der Waals surface area contributed by atoms with E-state index in [9.17, 15) is 4.79 Å². The number of nitrogens with one attached hydrogen (secondary N) is 2. The molecule has 2 heterocycles. The minimum absolute atomic E-state index is 0.0105. The fraction of sp³-hybridized carbons (Fsp3) is 0.462. The van der Waals surface area contributed by atoms with Crippen LogP contribution in [0.2, 0.25) is 0 Å². The number of hydrogen-bond donors (Lipinski definition) is 2. The van der Waals surface area contributed by atoms with Crippen molar-refractivity contribution in [1.29, 1.82) is 0 Å². The number of carbonyl (C=O) groups is 1. The van der Waals surface area contributed by atoms with E-state index in [1.165, 1.54) is 11.3 Å². The van der Waals surface area contributed by atoms with E-state index in [0.29, 0.717) is 10.4 Å². The first-order valence-corrected chi connectivity index (χ1v) is 8.33. The number of amides is 1. The summed E-state index contributed by atoms with van der Waals surface area (Å²) in [6.07, 6.45) is 0.366. The molecule has 0 aliphatic rings. The summed E-state index contributed by atoms with van der Waals surface area (Å²) >= 11 is 8.18. The van der Waals surface area contributed by atoms with Crippen molar-refractivity contribution in [2.45, 2.75) is 40.2 Å². The Morgan fingerprint density at radius 2 is 2.10 bits per heavy atom.